The Hall–Kier alpha value is -2.35. The molecule has 2 nitrogen and oxygen atoms in total. The molecule has 1 atom stereocenters. The Labute approximate surface area is 164 Å². The molecule has 0 saturated carbocycles. The van der Waals surface area contributed by atoms with Gasteiger partial charge in [0.15, 0.2) is 0 Å². The molecular weight excluding hydrogens is 330 g/mol. The second-order valence-electron chi connectivity index (χ2n) is 7.44. The largest absolute Gasteiger partial charge is 0.329 e. The van der Waals surface area contributed by atoms with Crippen LogP contribution in [0.25, 0.3) is 12.2 Å². The first-order valence-corrected chi connectivity index (χ1v) is 10.2. The van der Waals surface area contributed by atoms with Gasteiger partial charge in [-0.1, -0.05) is 88.4 Å². The highest BCUT2D eigenvalue weighted by Crippen LogP contribution is 2.25. The van der Waals surface area contributed by atoms with Gasteiger partial charge in [0.05, 0.1) is 0 Å². The van der Waals surface area contributed by atoms with Crippen LogP contribution in [0.1, 0.15) is 80.5 Å². The van der Waals surface area contributed by atoms with Crippen molar-refractivity contribution >= 4 is 24.2 Å². The fraction of sp³-hybridized carbons (Fsp3) is 0.400. The lowest BCUT2D eigenvalue weighted by atomic mass is 9.92. The SMILES string of the molecule is CCCCCCCC(C)c1ccc(C)c(/C=C/c2ccc(NC=O)cc2)c1. The summed E-state index contributed by atoms with van der Waals surface area (Å²) in [6.07, 6.45) is 13.0. The Morgan fingerprint density at radius 2 is 1.70 bits per heavy atom. The Balaban J connectivity index is 2.00. The normalized spacial score (nSPS) is 12.3. The highest BCUT2D eigenvalue weighted by Gasteiger charge is 2.07. The van der Waals surface area contributed by atoms with Gasteiger partial charge in [-0.05, 0) is 53.6 Å². The minimum atomic E-state index is 0.605. The van der Waals surface area contributed by atoms with Crippen molar-refractivity contribution in [2.75, 3.05) is 5.32 Å². The van der Waals surface area contributed by atoms with Gasteiger partial charge in [-0.3, -0.25) is 4.79 Å². The number of hydrogen-bond donors (Lipinski definition) is 1. The van der Waals surface area contributed by atoms with Gasteiger partial charge in [-0.2, -0.15) is 0 Å². The van der Waals surface area contributed by atoms with Gasteiger partial charge in [0.25, 0.3) is 0 Å². The average molecular weight is 364 g/mol. The van der Waals surface area contributed by atoms with Gasteiger partial charge < -0.3 is 5.32 Å². The molecule has 0 heterocycles. The van der Waals surface area contributed by atoms with Crippen LogP contribution < -0.4 is 5.32 Å². The molecule has 0 aromatic heterocycles. The number of unbranched alkanes of at least 4 members (excludes halogenated alkanes) is 4. The number of amides is 1. The molecule has 1 unspecified atom stereocenters. The topological polar surface area (TPSA) is 29.1 Å². The van der Waals surface area contributed by atoms with Crippen molar-refractivity contribution in [3.05, 3.63) is 64.7 Å². The molecule has 0 aliphatic rings. The number of carbonyl (C=O) groups is 1. The number of anilines is 1. The van der Waals surface area contributed by atoms with Crippen LogP contribution in [0.15, 0.2) is 42.5 Å². The lowest BCUT2D eigenvalue weighted by Crippen LogP contribution is -1.95. The molecule has 0 bridgehead atoms. The summed E-state index contributed by atoms with van der Waals surface area (Å²) in [7, 11) is 0. The summed E-state index contributed by atoms with van der Waals surface area (Å²) in [5.41, 5.74) is 5.94. The number of carbonyl (C=O) groups excluding carboxylic acids is 1. The van der Waals surface area contributed by atoms with Crippen molar-refractivity contribution in [2.24, 2.45) is 0 Å². The molecule has 2 heteroatoms. The molecule has 0 saturated heterocycles. The summed E-state index contributed by atoms with van der Waals surface area (Å²) < 4.78 is 0. The average Bonchev–Trinajstić information content (AvgIpc) is 2.68. The zero-order valence-electron chi connectivity index (χ0n) is 17.0. The molecule has 0 aliphatic carbocycles. The Morgan fingerprint density at radius 3 is 2.41 bits per heavy atom. The first-order chi connectivity index (χ1) is 13.1. The summed E-state index contributed by atoms with van der Waals surface area (Å²) >= 11 is 0. The third-order valence-corrected chi connectivity index (χ3v) is 5.20. The van der Waals surface area contributed by atoms with Gasteiger partial charge in [0.1, 0.15) is 0 Å². The maximum atomic E-state index is 10.5. The predicted octanol–water partition coefficient (Wildman–Crippen LogP) is 7.20. The van der Waals surface area contributed by atoms with Crippen LogP contribution in [-0.2, 0) is 4.79 Å². The molecular formula is C25H33NO. The van der Waals surface area contributed by atoms with E-state index in [1.54, 1.807) is 0 Å². The number of nitrogens with one attached hydrogen (secondary N) is 1. The van der Waals surface area contributed by atoms with E-state index in [0.717, 1.165) is 11.3 Å². The highest BCUT2D eigenvalue weighted by molar-refractivity contribution is 5.75. The Bertz CT molecular complexity index is 730. The first kappa shape index (κ1) is 21.0. The zero-order valence-corrected chi connectivity index (χ0v) is 17.0. The van der Waals surface area contributed by atoms with Gasteiger partial charge >= 0.3 is 0 Å². The molecule has 1 amide bonds. The number of benzene rings is 2. The first-order valence-electron chi connectivity index (χ1n) is 10.2. The van der Waals surface area contributed by atoms with E-state index in [2.05, 4.69) is 56.4 Å². The summed E-state index contributed by atoms with van der Waals surface area (Å²) in [6, 6.07) is 14.7. The summed E-state index contributed by atoms with van der Waals surface area (Å²) in [4.78, 5) is 10.5. The summed E-state index contributed by atoms with van der Waals surface area (Å²) in [6.45, 7) is 6.77. The third-order valence-electron chi connectivity index (χ3n) is 5.20. The molecule has 2 aromatic carbocycles. The standard InChI is InChI=1S/C25H33NO/c1-4-5-6-7-8-9-20(2)23-14-10-21(3)24(18-23)15-11-22-12-16-25(17-13-22)26-19-27/h10-20H,4-9H2,1-3H3,(H,26,27)/b15-11+. The second-order valence-corrected chi connectivity index (χ2v) is 7.44. The minimum Gasteiger partial charge on any atom is -0.329 e. The molecule has 2 rings (SSSR count). The van der Waals surface area contributed by atoms with Gasteiger partial charge in [-0.15, -0.1) is 0 Å². The minimum absolute atomic E-state index is 0.605. The van der Waals surface area contributed by atoms with Gasteiger partial charge in [0.2, 0.25) is 6.41 Å². The second kappa shape index (κ2) is 11.4. The van der Waals surface area contributed by atoms with E-state index in [1.165, 1.54) is 55.2 Å². The quantitative estimate of drug-likeness (QED) is 0.255. The monoisotopic (exact) mass is 363 g/mol. The van der Waals surface area contributed by atoms with Crippen molar-refractivity contribution in [3.8, 4) is 0 Å². The summed E-state index contributed by atoms with van der Waals surface area (Å²) in [5, 5.41) is 2.66. The smallest absolute Gasteiger partial charge is 0.211 e. The van der Waals surface area contributed by atoms with Crippen LogP contribution in [0.5, 0.6) is 0 Å². The molecule has 144 valence electrons. The number of rotatable bonds is 11. The van der Waals surface area contributed by atoms with E-state index in [0.29, 0.717) is 12.3 Å². The molecule has 27 heavy (non-hydrogen) atoms. The van der Waals surface area contributed by atoms with Gasteiger partial charge in [-0.25, -0.2) is 0 Å². The molecule has 1 N–H and O–H groups in total. The molecule has 2 aromatic rings. The van der Waals surface area contributed by atoms with Gasteiger partial charge in [0, 0.05) is 5.69 Å². The van der Waals surface area contributed by atoms with Crippen LogP contribution in [0.4, 0.5) is 5.69 Å². The Morgan fingerprint density at radius 1 is 0.963 bits per heavy atom. The zero-order chi connectivity index (χ0) is 19.5. The van der Waals surface area contributed by atoms with E-state index >= 15 is 0 Å². The van der Waals surface area contributed by atoms with E-state index in [1.807, 2.05) is 24.3 Å². The van der Waals surface area contributed by atoms with Crippen molar-refractivity contribution < 1.29 is 4.79 Å². The maximum Gasteiger partial charge on any atom is 0.211 e. The lowest BCUT2D eigenvalue weighted by molar-refractivity contribution is -0.105. The van der Waals surface area contributed by atoms with Crippen LogP contribution in [0, 0.1) is 6.92 Å². The highest BCUT2D eigenvalue weighted by atomic mass is 16.1. The molecule has 0 radical (unpaired) electrons. The molecule has 0 spiro atoms. The van der Waals surface area contributed by atoms with Crippen LogP contribution >= 0.6 is 0 Å². The van der Waals surface area contributed by atoms with Crippen molar-refractivity contribution in [1.29, 1.82) is 0 Å². The van der Waals surface area contributed by atoms with E-state index in [9.17, 15) is 4.79 Å². The molecule has 0 aliphatic heterocycles. The van der Waals surface area contributed by atoms with Crippen LogP contribution in [-0.4, -0.2) is 6.41 Å². The fourth-order valence-corrected chi connectivity index (χ4v) is 3.31. The van der Waals surface area contributed by atoms with Crippen molar-refractivity contribution in [3.63, 3.8) is 0 Å². The Kier molecular flexibility index (Phi) is 8.83. The fourth-order valence-electron chi connectivity index (χ4n) is 3.31. The van der Waals surface area contributed by atoms with E-state index in [-0.39, 0.29) is 0 Å². The number of aryl methyl sites for hydroxylation is 1. The predicted molar refractivity (Wildman–Crippen MR) is 118 cm³/mol. The third kappa shape index (κ3) is 7.05. The summed E-state index contributed by atoms with van der Waals surface area (Å²) in [5.74, 6) is 0.605. The number of hydrogen-bond acceptors (Lipinski definition) is 1. The van der Waals surface area contributed by atoms with Crippen molar-refractivity contribution in [2.45, 2.75) is 65.2 Å². The maximum absolute atomic E-state index is 10.5. The van der Waals surface area contributed by atoms with Crippen LogP contribution in [0.2, 0.25) is 0 Å². The lowest BCUT2D eigenvalue weighted by Gasteiger charge is -2.14. The van der Waals surface area contributed by atoms with E-state index in [4.69, 9.17) is 0 Å². The van der Waals surface area contributed by atoms with Crippen molar-refractivity contribution in [1.82, 2.24) is 0 Å². The van der Waals surface area contributed by atoms with E-state index < -0.39 is 0 Å². The molecule has 0 fully saturated rings. The van der Waals surface area contributed by atoms with Crippen LogP contribution in [0.3, 0.4) is 0 Å².